The molecule has 1 aliphatic heterocycles. The van der Waals surface area contributed by atoms with Gasteiger partial charge in [0.25, 0.3) is 0 Å². The molecule has 0 atom stereocenters. The van der Waals surface area contributed by atoms with Crippen LogP contribution in [0.2, 0.25) is 0 Å². The number of rotatable bonds is 11. The minimum absolute atomic E-state index is 0.172. The number of aromatic nitrogens is 1. The third-order valence-electron chi connectivity index (χ3n) is 5.57. The minimum atomic E-state index is -0.501. The van der Waals surface area contributed by atoms with Crippen molar-refractivity contribution >= 4 is 46.4 Å². The molecule has 4 rings (SSSR count). The monoisotopic (exact) mass is 524 g/mol. The second-order valence-corrected chi connectivity index (χ2v) is 10.7. The van der Waals surface area contributed by atoms with Crippen LogP contribution in [-0.4, -0.2) is 44.0 Å². The maximum Gasteiger partial charge on any atom is 0.411 e. The van der Waals surface area contributed by atoms with E-state index in [1.54, 1.807) is 0 Å². The summed E-state index contributed by atoms with van der Waals surface area (Å²) in [5, 5.41) is 6.22. The molecule has 0 saturated carbocycles. The molecule has 2 aromatic heterocycles. The van der Waals surface area contributed by atoms with Crippen molar-refractivity contribution < 1.29 is 14.3 Å². The first-order valence-corrected chi connectivity index (χ1v) is 13.9. The lowest BCUT2D eigenvalue weighted by Gasteiger charge is -2.29. The first-order chi connectivity index (χ1) is 17.6. The molecule has 0 bridgehead atoms. The molecule has 1 aliphatic rings. The fraction of sp³-hybridized carbons (Fsp3) is 0.333. The highest BCUT2D eigenvalue weighted by atomic mass is 32.2. The van der Waals surface area contributed by atoms with E-state index in [0.717, 1.165) is 61.2 Å². The highest BCUT2D eigenvalue weighted by Gasteiger charge is 2.14. The molecular formula is C27H32N4O3S2. The van der Waals surface area contributed by atoms with Crippen LogP contribution in [0.25, 0.3) is 0 Å². The number of hydrogen-bond acceptors (Lipinski definition) is 8. The smallest absolute Gasteiger partial charge is 0.411 e. The van der Waals surface area contributed by atoms with Crippen LogP contribution in [0, 0.1) is 0 Å². The second kappa shape index (κ2) is 13.3. The number of hydrogen-bond donors (Lipinski definition) is 2. The Kier molecular flexibility index (Phi) is 9.66. The molecule has 0 radical (unpaired) electrons. The fourth-order valence-electron chi connectivity index (χ4n) is 3.75. The van der Waals surface area contributed by atoms with Gasteiger partial charge in [0.15, 0.2) is 0 Å². The van der Waals surface area contributed by atoms with Gasteiger partial charge in [0.2, 0.25) is 0 Å². The maximum absolute atomic E-state index is 11.8. The zero-order valence-corrected chi connectivity index (χ0v) is 22.1. The Balaban J connectivity index is 1.45. The van der Waals surface area contributed by atoms with Crippen LogP contribution in [0.5, 0.6) is 0 Å². The molecule has 1 amide bonds. The van der Waals surface area contributed by atoms with Crippen molar-refractivity contribution in [2.75, 3.05) is 48.4 Å². The van der Waals surface area contributed by atoms with Gasteiger partial charge in [0.05, 0.1) is 23.1 Å². The summed E-state index contributed by atoms with van der Waals surface area (Å²) < 4.78 is 11.9. The summed E-state index contributed by atoms with van der Waals surface area (Å²) in [5.41, 5.74) is 3.90. The summed E-state index contributed by atoms with van der Waals surface area (Å²) >= 11 is 3.68. The summed E-state index contributed by atoms with van der Waals surface area (Å²) in [5.74, 6) is 1.64. The van der Waals surface area contributed by atoms with E-state index in [4.69, 9.17) is 14.5 Å². The van der Waals surface area contributed by atoms with Crippen LogP contribution in [0.3, 0.4) is 0 Å². The fourth-order valence-corrected chi connectivity index (χ4v) is 5.76. The largest absolute Gasteiger partial charge is 0.445 e. The van der Waals surface area contributed by atoms with Gasteiger partial charge in [-0.2, -0.15) is 0 Å². The number of morpholine rings is 1. The minimum Gasteiger partial charge on any atom is -0.445 e. The predicted octanol–water partition coefficient (Wildman–Crippen LogP) is 6.18. The molecule has 3 heterocycles. The van der Waals surface area contributed by atoms with Crippen LogP contribution in [0.1, 0.15) is 23.1 Å². The predicted molar refractivity (Wildman–Crippen MR) is 149 cm³/mol. The van der Waals surface area contributed by atoms with Crippen LogP contribution in [0.4, 0.5) is 22.0 Å². The van der Waals surface area contributed by atoms with Crippen LogP contribution in [0.15, 0.2) is 65.4 Å². The number of thiophene rings is 1. The summed E-state index contributed by atoms with van der Waals surface area (Å²) in [4.78, 5) is 20.5. The summed E-state index contributed by atoms with van der Waals surface area (Å²) in [6.07, 6.45) is 2.10. The Bertz CT molecular complexity index is 1160. The zero-order chi connectivity index (χ0) is 25.2. The topological polar surface area (TPSA) is 75.7 Å². The number of pyridine rings is 1. The van der Waals surface area contributed by atoms with Gasteiger partial charge in [-0.25, -0.2) is 9.78 Å². The lowest BCUT2D eigenvalue weighted by molar-refractivity contribution is 0.122. The van der Waals surface area contributed by atoms with Crippen molar-refractivity contribution in [3.05, 3.63) is 77.3 Å². The Morgan fingerprint density at radius 3 is 2.89 bits per heavy atom. The van der Waals surface area contributed by atoms with E-state index in [1.165, 1.54) is 15.2 Å². The van der Waals surface area contributed by atoms with Crippen LogP contribution >= 0.6 is 23.1 Å². The number of anilines is 3. The van der Waals surface area contributed by atoms with Gasteiger partial charge in [0.1, 0.15) is 12.4 Å². The Hall–Kier alpha value is -3.01. The lowest BCUT2D eigenvalue weighted by atomic mass is 10.2. The third kappa shape index (κ3) is 7.74. The van der Waals surface area contributed by atoms with Gasteiger partial charge in [-0.05, 0) is 42.3 Å². The summed E-state index contributed by atoms with van der Waals surface area (Å²) in [6.45, 7) is 9.70. The van der Waals surface area contributed by atoms with E-state index in [2.05, 4.69) is 53.3 Å². The molecule has 190 valence electrons. The molecule has 2 N–H and O–H groups in total. The highest BCUT2D eigenvalue weighted by Crippen LogP contribution is 2.31. The first-order valence-electron chi connectivity index (χ1n) is 12.1. The van der Waals surface area contributed by atoms with Gasteiger partial charge >= 0.3 is 6.09 Å². The van der Waals surface area contributed by atoms with E-state index in [0.29, 0.717) is 12.2 Å². The van der Waals surface area contributed by atoms with E-state index < -0.39 is 6.09 Å². The average Bonchev–Trinajstić information content (AvgIpc) is 3.38. The number of carbonyl (C=O) groups excluding carboxylic acids is 1. The number of amides is 1. The number of nitrogens with one attached hydrogen (secondary N) is 2. The molecule has 9 heteroatoms. The van der Waals surface area contributed by atoms with Crippen molar-refractivity contribution in [3.8, 4) is 0 Å². The summed E-state index contributed by atoms with van der Waals surface area (Å²) in [7, 11) is 0. The van der Waals surface area contributed by atoms with Crippen molar-refractivity contribution in [1.82, 2.24) is 4.98 Å². The Morgan fingerprint density at radius 1 is 1.25 bits per heavy atom. The average molecular weight is 525 g/mol. The number of nitrogens with zero attached hydrogens (tertiary/aromatic N) is 2. The Morgan fingerprint density at radius 2 is 2.11 bits per heavy atom. The highest BCUT2D eigenvalue weighted by molar-refractivity contribution is 8.00. The Labute approximate surface area is 220 Å². The maximum atomic E-state index is 11.8. The third-order valence-corrected chi connectivity index (χ3v) is 8.05. The van der Waals surface area contributed by atoms with E-state index in [9.17, 15) is 4.79 Å². The van der Waals surface area contributed by atoms with Gasteiger partial charge < -0.3 is 19.7 Å². The second-order valence-electron chi connectivity index (χ2n) is 8.23. The molecule has 0 unspecified atom stereocenters. The van der Waals surface area contributed by atoms with Gasteiger partial charge in [-0.3, -0.25) is 5.32 Å². The number of benzene rings is 1. The molecule has 1 fully saturated rings. The van der Waals surface area contributed by atoms with Crippen molar-refractivity contribution in [2.24, 2.45) is 0 Å². The molecule has 1 aromatic carbocycles. The number of aryl methyl sites for hydroxylation is 1. The number of carbonyl (C=O) groups is 1. The van der Waals surface area contributed by atoms with Gasteiger partial charge in [-0.1, -0.05) is 31.7 Å². The normalized spacial score (nSPS) is 13.3. The van der Waals surface area contributed by atoms with E-state index in [-0.39, 0.29) is 6.61 Å². The molecule has 7 nitrogen and oxygen atoms in total. The molecule has 36 heavy (non-hydrogen) atoms. The number of thioether (sulfide) groups is 1. The van der Waals surface area contributed by atoms with E-state index >= 15 is 0 Å². The molecular weight excluding hydrogens is 492 g/mol. The van der Waals surface area contributed by atoms with Gasteiger partial charge in [0, 0.05) is 47.7 Å². The van der Waals surface area contributed by atoms with Gasteiger partial charge in [-0.15, -0.1) is 23.1 Å². The number of ether oxygens (including phenoxy) is 2. The quantitative estimate of drug-likeness (QED) is 0.229. The molecule has 3 aromatic rings. The zero-order valence-electron chi connectivity index (χ0n) is 20.5. The standard InChI is InChI=1S/C27H32N4O3S2/c1-3-12-34-27(32)30-21-7-5-6-20(15-21)18-28-25-17-23(31-10-13-33-14-11-31)16-22(29-25)19-35-26-9-8-24(4-2)36-26/h3,5-9,15-17H,1,4,10-14,18-19H2,2H3,(H,28,29)(H,30,32). The molecule has 1 saturated heterocycles. The van der Waals surface area contributed by atoms with Crippen LogP contribution in [-0.2, 0) is 28.2 Å². The summed E-state index contributed by atoms with van der Waals surface area (Å²) in [6, 6.07) is 16.4. The SMILES string of the molecule is C=CCOC(=O)Nc1cccc(CNc2cc(N3CCOCC3)cc(CSc3ccc(CC)s3)n2)c1. The van der Waals surface area contributed by atoms with Crippen LogP contribution < -0.4 is 15.5 Å². The van der Waals surface area contributed by atoms with Crippen molar-refractivity contribution in [1.29, 1.82) is 0 Å². The molecule has 0 aliphatic carbocycles. The molecule has 0 spiro atoms. The lowest BCUT2D eigenvalue weighted by Crippen LogP contribution is -2.36. The van der Waals surface area contributed by atoms with Crippen molar-refractivity contribution in [3.63, 3.8) is 0 Å². The van der Waals surface area contributed by atoms with Crippen molar-refractivity contribution in [2.45, 2.75) is 29.9 Å². The first kappa shape index (κ1) is 26.1. The van der Waals surface area contributed by atoms with E-state index in [1.807, 2.05) is 47.4 Å².